The maximum atomic E-state index is 13.4. The summed E-state index contributed by atoms with van der Waals surface area (Å²) in [7, 11) is 4.51. The van der Waals surface area contributed by atoms with Crippen molar-refractivity contribution in [1.29, 1.82) is 0 Å². The number of hydrogen-bond donors (Lipinski definition) is 1. The number of para-hydroxylation sites is 1. The van der Waals surface area contributed by atoms with Gasteiger partial charge < -0.3 is 19.3 Å². The second kappa shape index (κ2) is 9.54. The van der Waals surface area contributed by atoms with E-state index in [0.717, 1.165) is 11.1 Å². The molecule has 1 aliphatic rings. The summed E-state index contributed by atoms with van der Waals surface area (Å²) in [4.78, 5) is 28.3. The fourth-order valence-corrected chi connectivity index (χ4v) is 4.48. The fraction of sp³-hybridized carbons (Fsp3) is 0.214. The van der Waals surface area contributed by atoms with E-state index in [1.165, 1.54) is 26.2 Å². The van der Waals surface area contributed by atoms with Gasteiger partial charge in [0.05, 0.1) is 32.9 Å². The van der Waals surface area contributed by atoms with Crippen LogP contribution < -0.4 is 19.1 Å². The van der Waals surface area contributed by atoms with Crippen LogP contribution in [-0.4, -0.2) is 38.1 Å². The van der Waals surface area contributed by atoms with Crippen LogP contribution in [0, 0.1) is 13.8 Å². The van der Waals surface area contributed by atoms with Crippen LogP contribution in [0.5, 0.6) is 17.2 Å². The van der Waals surface area contributed by atoms with Gasteiger partial charge in [0.2, 0.25) is 0 Å². The molecule has 7 heteroatoms. The normalized spacial score (nSPS) is 16.9. The predicted octanol–water partition coefficient (Wildman–Crippen LogP) is 4.96. The molecule has 1 heterocycles. The van der Waals surface area contributed by atoms with Crippen LogP contribution in [0.2, 0.25) is 0 Å². The van der Waals surface area contributed by atoms with Crippen LogP contribution in [0.3, 0.4) is 0 Å². The Hall–Kier alpha value is -4.26. The first kappa shape index (κ1) is 23.9. The number of Topliss-reactive ketones (excluding diaryl/α,β-unsaturated/α-hetero) is 1. The predicted molar refractivity (Wildman–Crippen MR) is 133 cm³/mol. The minimum absolute atomic E-state index is 0.0355. The maximum Gasteiger partial charge on any atom is 0.300 e. The zero-order chi connectivity index (χ0) is 25.3. The molecule has 1 N–H and O–H groups in total. The molecule has 1 aliphatic heterocycles. The molecule has 1 fully saturated rings. The SMILES string of the molecule is COc1ccc(/C(O)=C2\C(=O)C(=O)N(c3ccc(C)cc3C)C2c2ccccc2OC)cc1OC. The van der Waals surface area contributed by atoms with E-state index in [0.29, 0.717) is 34.1 Å². The average molecular weight is 474 g/mol. The lowest BCUT2D eigenvalue weighted by molar-refractivity contribution is -0.132. The molecule has 0 aliphatic carbocycles. The highest BCUT2D eigenvalue weighted by Gasteiger charge is 2.48. The van der Waals surface area contributed by atoms with E-state index < -0.39 is 17.7 Å². The number of aryl methyl sites for hydroxylation is 2. The van der Waals surface area contributed by atoms with E-state index in [-0.39, 0.29) is 11.3 Å². The number of aliphatic hydroxyl groups is 1. The third-order valence-corrected chi connectivity index (χ3v) is 6.15. The first-order valence-electron chi connectivity index (χ1n) is 11.1. The summed E-state index contributed by atoms with van der Waals surface area (Å²) >= 11 is 0. The van der Waals surface area contributed by atoms with Crippen molar-refractivity contribution in [3.63, 3.8) is 0 Å². The van der Waals surface area contributed by atoms with Crippen LogP contribution in [0.25, 0.3) is 5.76 Å². The van der Waals surface area contributed by atoms with Gasteiger partial charge in [0, 0.05) is 16.8 Å². The highest BCUT2D eigenvalue weighted by molar-refractivity contribution is 6.51. The smallest absolute Gasteiger partial charge is 0.300 e. The van der Waals surface area contributed by atoms with Crippen molar-refractivity contribution < 1.29 is 28.9 Å². The summed E-state index contributed by atoms with van der Waals surface area (Å²) in [5.74, 6) is -0.474. The lowest BCUT2D eigenvalue weighted by atomic mass is 9.94. The standard InChI is InChI=1S/C28H27NO6/c1-16-10-12-20(17(2)14-16)29-25(19-8-6-7-9-21(19)33-3)24(27(31)28(29)32)26(30)18-11-13-22(34-4)23(15-18)35-5/h6-15,25,30H,1-5H3/b26-24+. The largest absolute Gasteiger partial charge is 0.507 e. The second-order valence-electron chi connectivity index (χ2n) is 8.27. The Labute approximate surface area is 204 Å². The fourth-order valence-electron chi connectivity index (χ4n) is 4.48. The van der Waals surface area contributed by atoms with Gasteiger partial charge in [-0.1, -0.05) is 35.9 Å². The number of carbonyl (C=O) groups excluding carboxylic acids is 2. The van der Waals surface area contributed by atoms with E-state index in [4.69, 9.17) is 14.2 Å². The van der Waals surface area contributed by atoms with Gasteiger partial charge in [0.1, 0.15) is 11.5 Å². The van der Waals surface area contributed by atoms with E-state index in [1.807, 2.05) is 32.0 Å². The Kier molecular flexibility index (Phi) is 6.51. The molecule has 35 heavy (non-hydrogen) atoms. The summed E-state index contributed by atoms with van der Waals surface area (Å²) < 4.78 is 16.2. The molecule has 0 spiro atoms. The molecule has 1 atom stereocenters. The average Bonchev–Trinajstić information content (AvgIpc) is 3.13. The van der Waals surface area contributed by atoms with Gasteiger partial charge in [0.15, 0.2) is 11.5 Å². The molecule has 180 valence electrons. The molecular formula is C28H27NO6. The summed E-state index contributed by atoms with van der Waals surface area (Å²) in [6.45, 7) is 3.84. The van der Waals surface area contributed by atoms with Crippen molar-refractivity contribution in [3.05, 3.63) is 88.5 Å². The minimum Gasteiger partial charge on any atom is -0.507 e. The van der Waals surface area contributed by atoms with E-state index in [9.17, 15) is 14.7 Å². The Bertz CT molecular complexity index is 1340. The first-order chi connectivity index (χ1) is 16.8. The molecule has 0 radical (unpaired) electrons. The van der Waals surface area contributed by atoms with Crippen LogP contribution in [0.4, 0.5) is 5.69 Å². The van der Waals surface area contributed by atoms with Crippen molar-refractivity contribution in [2.45, 2.75) is 19.9 Å². The summed E-state index contributed by atoms with van der Waals surface area (Å²) in [5, 5.41) is 11.4. The molecule has 0 bridgehead atoms. The van der Waals surface area contributed by atoms with Crippen molar-refractivity contribution >= 4 is 23.1 Å². The van der Waals surface area contributed by atoms with Crippen molar-refractivity contribution in [3.8, 4) is 17.2 Å². The highest BCUT2D eigenvalue weighted by Crippen LogP contribution is 2.46. The molecule has 3 aromatic rings. The Morgan fingerprint density at radius 3 is 2.17 bits per heavy atom. The Morgan fingerprint density at radius 1 is 0.829 bits per heavy atom. The number of rotatable bonds is 6. The number of carbonyl (C=O) groups is 2. The molecule has 0 saturated carbocycles. The number of benzene rings is 3. The quantitative estimate of drug-likeness (QED) is 0.310. The molecule has 1 unspecified atom stereocenters. The number of aliphatic hydroxyl groups excluding tert-OH is 1. The summed E-state index contributed by atoms with van der Waals surface area (Å²) in [6.07, 6.45) is 0. The highest BCUT2D eigenvalue weighted by atomic mass is 16.5. The van der Waals surface area contributed by atoms with Crippen molar-refractivity contribution in [1.82, 2.24) is 0 Å². The third-order valence-electron chi connectivity index (χ3n) is 6.15. The number of ketones is 1. The van der Waals surface area contributed by atoms with Gasteiger partial charge in [-0.05, 0) is 49.7 Å². The van der Waals surface area contributed by atoms with Gasteiger partial charge in [-0.15, -0.1) is 0 Å². The lowest BCUT2D eigenvalue weighted by Crippen LogP contribution is -2.30. The lowest BCUT2D eigenvalue weighted by Gasteiger charge is -2.28. The molecule has 3 aromatic carbocycles. The maximum absolute atomic E-state index is 13.4. The number of anilines is 1. The minimum atomic E-state index is -0.902. The van der Waals surface area contributed by atoms with Crippen molar-refractivity contribution in [2.24, 2.45) is 0 Å². The van der Waals surface area contributed by atoms with Crippen LogP contribution in [0.15, 0.2) is 66.2 Å². The van der Waals surface area contributed by atoms with Crippen LogP contribution in [0.1, 0.15) is 28.3 Å². The van der Waals surface area contributed by atoms with Gasteiger partial charge in [-0.3, -0.25) is 14.5 Å². The monoisotopic (exact) mass is 473 g/mol. The third kappa shape index (κ3) is 4.10. The van der Waals surface area contributed by atoms with E-state index in [1.54, 1.807) is 42.5 Å². The first-order valence-corrected chi connectivity index (χ1v) is 11.1. The van der Waals surface area contributed by atoms with E-state index in [2.05, 4.69) is 0 Å². The van der Waals surface area contributed by atoms with Gasteiger partial charge in [-0.2, -0.15) is 0 Å². The molecule has 0 aromatic heterocycles. The zero-order valence-electron chi connectivity index (χ0n) is 20.3. The molecule has 1 amide bonds. The van der Waals surface area contributed by atoms with Crippen LogP contribution in [-0.2, 0) is 9.59 Å². The molecule has 7 nitrogen and oxygen atoms in total. The van der Waals surface area contributed by atoms with Crippen molar-refractivity contribution in [2.75, 3.05) is 26.2 Å². The number of methoxy groups -OCH3 is 3. The Balaban J connectivity index is 2.00. The molecule has 4 rings (SSSR count). The zero-order valence-corrected chi connectivity index (χ0v) is 20.3. The number of amides is 1. The van der Waals surface area contributed by atoms with E-state index >= 15 is 0 Å². The number of nitrogens with zero attached hydrogens (tertiary/aromatic N) is 1. The Morgan fingerprint density at radius 2 is 1.51 bits per heavy atom. The van der Waals surface area contributed by atoms with Gasteiger partial charge >= 0.3 is 0 Å². The number of ether oxygens (including phenoxy) is 3. The molecular weight excluding hydrogens is 446 g/mol. The summed E-state index contributed by atoms with van der Waals surface area (Å²) in [5.41, 5.74) is 3.31. The van der Waals surface area contributed by atoms with Gasteiger partial charge in [-0.25, -0.2) is 0 Å². The second-order valence-corrected chi connectivity index (χ2v) is 8.27. The summed E-state index contributed by atoms with van der Waals surface area (Å²) in [6, 6.07) is 16.7. The topological polar surface area (TPSA) is 85.3 Å². The number of hydrogen-bond acceptors (Lipinski definition) is 6. The molecule has 1 saturated heterocycles. The van der Waals surface area contributed by atoms with Gasteiger partial charge in [0.25, 0.3) is 11.7 Å². The van der Waals surface area contributed by atoms with Crippen LogP contribution >= 0.6 is 0 Å².